The minimum absolute atomic E-state index is 0.0881. The molecule has 1 N–H and O–H groups in total. The van der Waals surface area contributed by atoms with Crippen molar-refractivity contribution in [2.45, 2.75) is 0 Å². The van der Waals surface area contributed by atoms with Gasteiger partial charge < -0.3 is 0 Å². The zero-order valence-corrected chi connectivity index (χ0v) is 10.4. The smallest absolute Gasteiger partial charge is 0.273 e. The minimum atomic E-state index is -4.10. The van der Waals surface area contributed by atoms with Gasteiger partial charge in [0.05, 0.1) is 0 Å². The SMILES string of the molecule is C=CCN(CC=C)S(=O)(=O)O.c1ccccc1. The molecule has 1 aromatic carbocycles. The molecule has 0 saturated carbocycles. The van der Waals surface area contributed by atoms with Gasteiger partial charge >= 0.3 is 10.3 Å². The molecule has 0 aliphatic heterocycles. The summed E-state index contributed by atoms with van der Waals surface area (Å²) in [7, 11) is -4.10. The molecule has 0 spiro atoms. The van der Waals surface area contributed by atoms with E-state index in [-0.39, 0.29) is 13.1 Å². The van der Waals surface area contributed by atoms with Crippen molar-refractivity contribution in [3.63, 3.8) is 0 Å². The standard InChI is InChI=1S/C6H11NO3S.C6H6/c1-3-5-7(6-4-2)11(8,9)10;1-2-4-6-5-3-1/h3-4H,1-2,5-6H2,(H,8,9,10);1-6H. The van der Waals surface area contributed by atoms with E-state index in [4.69, 9.17) is 4.55 Å². The Balaban J connectivity index is 0.000000354. The van der Waals surface area contributed by atoms with E-state index in [2.05, 4.69) is 13.2 Å². The van der Waals surface area contributed by atoms with Crippen LogP contribution in [0, 0.1) is 0 Å². The molecule has 17 heavy (non-hydrogen) atoms. The summed E-state index contributed by atoms with van der Waals surface area (Å²) < 4.78 is 30.4. The van der Waals surface area contributed by atoms with Crippen LogP contribution in [0.1, 0.15) is 0 Å². The third-order valence-corrected chi connectivity index (χ3v) is 2.61. The normalized spacial score (nSPS) is 10.2. The van der Waals surface area contributed by atoms with Gasteiger partial charge in [-0.25, -0.2) is 0 Å². The summed E-state index contributed by atoms with van der Waals surface area (Å²) in [5.74, 6) is 0. The quantitative estimate of drug-likeness (QED) is 0.648. The van der Waals surface area contributed by atoms with Crippen LogP contribution in [-0.4, -0.2) is 30.4 Å². The largest absolute Gasteiger partial charge is 0.336 e. The van der Waals surface area contributed by atoms with Gasteiger partial charge in [0.25, 0.3) is 0 Å². The van der Waals surface area contributed by atoms with E-state index in [1.165, 1.54) is 12.2 Å². The van der Waals surface area contributed by atoms with Crippen LogP contribution in [0.3, 0.4) is 0 Å². The number of benzene rings is 1. The molecule has 0 aliphatic carbocycles. The van der Waals surface area contributed by atoms with Gasteiger partial charge in [-0.2, -0.15) is 12.7 Å². The first kappa shape index (κ1) is 15.6. The lowest BCUT2D eigenvalue weighted by molar-refractivity contribution is 0.388. The first-order valence-corrected chi connectivity index (χ1v) is 6.36. The maximum absolute atomic E-state index is 10.5. The summed E-state index contributed by atoms with van der Waals surface area (Å²) in [5.41, 5.74) is 0. The Morgan fingerprint density at radius 2 is 1.24 bits per heavy atom. The van der Waals surface area contributed by atoms with Gasteiger partial charge in [0.1, 0.15) is 0 Å². The van der Waals surface area contributed by atoms with E-state index in [0.29, 0.717) is 0 Å². The van der Waals surface area contributed by atoms with Crippen molar-refractivity contribution in [3.05, 3.63) is 61.7 Å². The average Bonchev–Trinajstić information content (AvgIpc) is 2.31. The maximum atomic E-state index is 10.5. The first-order valence-electron chi connectivity index (χ1n) is 4.96. The lowest BCUT2D eigenvalue weighted by Gasteiger charge is -2.13. The molecule has 0 amide bonds. The summed E-state index contributed by atoms with van der Waals surface area (Å²) in [6.45, 7) is 6.87. The van der Waals surface area contributed by atoms with E-state index >= 15 is 0 Å². The monoisotopic (exact) mass is 255 g/mol. The molecule has 94 valence electrons. The van der Waals surface area contributed by atoms with Crippen LogP contribution in [0.25, 0.3) is 0 Å². The predicted molar refractivity (Wildman–Crippen MR) is 70.0 cm³/mol. The summed E-state index contributed by atoms with van der Waals surface area (Å²) in [5, 5.41) is 0. The Labute approximate surface area is 103 Å². The third-order valence-electron chi connectivity index (χ3n) is 1.66. The molecule has 0 atom stereocenters. The van der Waals surface area contributed by atoms with Crippen LogP contribution in [0.2, 0.25) is 0 Å². The van der Waals surface area contributed by atoms with Gasteiger partial charge in [-0.3, -0.25) is 4.55 Å². The summed E-state index contributed by atoms with van der Waals surface area (Å²) >= 11 is 0. The summed E-state index contributed by atoms with van der Waals surface area (Å²) in [4.78, 5) is 0. The number of nitrogens with zero attached hydrogens (tertiary/aromatic N) is 1. The second-order valence-electron chi connectivity index (χ2n) is 3.03. The molecule has 0 unspecified atom stereocenters. The Morgan fingerprint density at radius 3 is 1.41 bits per heavy atom. The zero-order valence-electron chi connectivity index (χ0n) is 9.57. The van der Waals surface area contributed by atoms with Crippen LogP contribution < -0.4 is 0 Å². The van der Waals surface area contributed by atoms with Gasteiger partial charge in [0, 0.05) is 13.1 Å². The van der Waals surface area contributed by atoms with E-state index < -0.39 is 10.3 Å². The molecular weight excluding hydrogens is 238 g/mol. The van der Waals surface area contributed by atoms with Gasteiger partial charge in [-0.05, 0) is 0 Å². The van der Waals surface area contributed by atoms with Crippen molar-refractivity contribution in [3.8, 4) is 0 Å². The highest BCUT2D eigenvalue weighted by atomic mass is 32.2. The van der Waals surface area contributed by atoms with E-state index in [0.717, 1.165) is 4.31 Å². The molecule has 4 nitrogen and oxygen atoms in total. The van der Waals surface area contributed by atoms with Gasteiger partial charge in [0.2, 0.25) is 0 Å². The zero-order chi connectivity index (χ0) is 13.1. The van der Waals surface area contributed by atoms with E-state index in [9.17, 15) is 8.42 Å². The van der Waals surface area contributed by atoms with Crippen LogP contribution in [-0.2, 0) is 10.3 Å². The Bertz CT molecular complexity index is 378. The second-order valence-corrected chi connectivity index (χ2v) is 4.44. The highest BCUT2D eigenvalue weighted by molar-refractivity contribution is 7.83. The number of hydrogen-bond acceptors (Lipinski definition) is 2. The lowest BCUT2D eigenvalue weighted by Crippen LogP contribution is -2.30. The fraction of sp³-hybridized carbons (Fsp3) is 0.167. The lowest BCUT2D eigenvalue weighted by atomic mass is 10.4. The number of hydrogen-bond donors (Lipinski definition) is 1. The molecule has 0 heterocycles. The maximum Gasteiger partial charge on any atom is 0.336 e. The van der Waals surface area contributed by atoms with Crippen molar-refractivity contribution in [2.75, 3.05) is 13.1 Å². The van der Waals surface area contributed by atoms with Gasteiger partial charge in [-0.1, -0.05) is 48.6 Å². The highest BCUT2D eigenvalue weighted by Crippen LogP contribution is 1.96. The molecule has 0 aliphatic rings. The average molecular weight is 255 g/mol. The van der Waals surface area contributed by atoms with Crippen LogP contribution >= 0.6 is 0 Å². The number of rotatable bonds is 5. The molecule has 0 aromatic heterocycles. The molecule has 0 bridgehead atoms. The van der Waals surface area contributed by atoms with Crippen LogP contribution in [0.4, 0.5) is 0 Å². The molecule has 1 aromatic rings. The minimum Gasteiger partial charge on any atom is -0.273 e. The van der Waals surface area contributed by atoms with Crippen molar-refractivity contribution in [1.29, 1.82) is 0 Å². The Kier molecular flexibility index (Phi) is 7.96. The molecule has 5 heteroatoms. The summed E-state index contributed by atoms with van der Waals surface area (Å²) in [6.07, 6.45) is 2.77. The highest BCUT2D eigenvalue weighted by Gasteiger charge is 2.14. The molecule has 0 radical (unpaired) electrons. The van der Waals surface area contributed by atoms with Crippen LogP contribution in [0.15, 0.2) is 61.7 Å². The van der Waals surface area contributed by atoms with E-state index in [1.807, 2.05) is 36.4 Å². The Hall–Kier alpha value is -1.43. The second kappa shape index (κ2) is 8.69. The van der Waals surface area contributed by atoms with Crippen LogP contribution in [0.5, 0.6) is 0 Å². The van der Waals surface area contributed by atoms with E-state index in [1.54, 1.807) is 0 Å². The van der Waals surface area contributed by atoms with Crippen molar-refractivity contribution >= 4 is 10.3 Å². The summed E-state index contributed by atoms with van der Waals surface area (Å²) in [6, 6.07) is 12.0. The molecule has 0 fully saturated rings. The third kappa shape index (κ3) is 8.38. The molecular formula is C12H17NO3S. The first-order chi connectivity index (χ1) is 8.02. The predicted octanol–water partition coefficient (Wildman–Crippen LogP) is 2.15. The Morgan fingerprint density at radius 1 is 0.941 bits per heavy atom. The van der Waals surface area contributed by atoms with Crippen molar-refractivity contribution in [2.24, 2.45) is 0 Å². The fourth-order valence-electron chi connectivity index (χ4n) is 0.936. The van der Waals surface area contributed by atoms with Crippen molar-refractivity contribution < 1.29 is 13.0 Å². The fourth-order valence-corrected chi connectivity index (χ4v) is 1.52. The molecule has 1 rings (SSSR count). The molecule has 0 saturated heterocycles. The van der Waals surface area contributed by atoms with Gasteiger partial charge in [-0.15, -0.1) is 13.2 Å². The van der Waals surface area contributed by atoms with Crippen molar-refractivity contribution in [1.82, 2.24) is 4.31 Å². The van der Waals surface area contributed by atoms with Gasteiger partial charge in [0.15, 0.2) is 0 Å². The topological polar surface area (TPSA) is 57.6 Å².